The predicted octanol–water partition coefficient (Wildman–Crippen LogP) is 2.66. The van der Waals surface area contributed by atoms with Crippen molar-refractivity contribution in [1.82, 2.24) is 4.90 Å². The normalized spacial score (nSPS) is 11.9. The van der Waals surface area contributed by atoms with Gasteiger partial charge in [0.1, 0.15) is 13.2 Å². The van der Waals surface area contributed by atoms with Crippen LogP contribution < -0.4 is 0 Å². The third-order valence-electron chi connectivity index (χ3n) is 4.47. The summed E-state index contributed by atoms with van der Waals surface area (Å²) < 4.78 is 5.42. The maximum Gasteiger partial charge on any atom is 0.410 e. The number of carboxylic acids is 1. The van der Waals surface area contributed by atoms with E-state index in [2.05, 4.69) is 4.99 Å². The fourth-order valence-electron chi connectivity index (χ4n) is 3.30. The molecule has 0 aromatic heterocycles. The number of fused-ring (bicyclic) bond motifs is 3. The number of aliphatic carboxylic acids is 1. The van der Waals surface area contributed by atoms with E-state index >= 15 is 0 Å². The molecule has 1 N–H and O–H groups in total. The second-order valence-electron chi connectivity index (χ2n) is 6.09. The summed E-state index contributed by atoms with van der Waals surface area (Å²) in [5, 5.41) is 8.97. The van der Waals surface area contributed by atoms with Gasteiger partial charge in [-0.2, -0.15) is 0 Å². The first-order valence-corrected chi connectivity index (χ1v) is 8.47. The molecule has 0 fully saturated rings. The Morgan fingerprint density at radius 2 is 1.67 bits per heavy atom. The highest BCUT2D eigenvalue weighted by atomic mass is 16.6. The van der Waals surface area contributed by atoms with Crippen molar-refractivity contribution in [2.24, 2.45) is 4.99 Å². The minimum atomic E-state index is -1.17. The lowest BCUT2D eigenvalue weighted by Crippen LogP contribution is -2.38. The number of isocyanates is 1. The minimum absolute atomic E-state index is 0.0268. The van der Waals surface area contributed by atoms with Crippen LogP contribution in [-0.4, -0.2) is 54.4 Å². The number of carboxylic acid groups (broad SMARTS) is 1. The van der Waals surface area contributed by atoms with E-state index in [4.69, 9.17) is 9.84 Å². The fraction of sp³-hybridized carbons (Fsp3) is 0.250. The molecule has 3 rings (SSSR count). The van der Waals surface area contributed by atoms with Crippen LogP contribution >= 0.6 is 0 Å². The Hall–Kier alpha value is -3.44. The van der Waals surface area contributed by atoms with E-state index in [0.717, 1.165) is 27.2 Å². The zero-order valence-electron chi connectivity index (χ0n) is 14.5. The lowest BCUT2D eigenvalue weighted by Gasteiger charge is -2.21. The fourth-order valence-corrected chi connectivity index (χ4v) is 3.30. The van der Waals surface area contributed by atoms with Gasteiger partial charge in [-0.1, -0.05) is 48.5 Å². The van der Waals surface area contributed by atoms with E-state index in [-0.39, 0.29) is 25.6 Å². The summed E-state index contributed by atoms with van der Waals surface area (Å²) in [7, 11) is 0. The predicted molar refractivity (Wildman–Crippen MR) is 97.3 cm³/mol. The van der Waals surface area contributed by atoms with E-state index < -0.39 is 18.6 Å². The van der Waals surface area contributed by atoms with Crippen LogP contribution in [0.4, 0.5) is 4.79 Å². The molecule has 0 bridgehead atoms. The number of rotatable bonds is 7. The second kappa shape index (κ2) is 8.29. The van der Waals surface area contributed by atoms with Gasteiger partial charge >= 0.3 is 12.1 Å². The number of carbonyl (C=O) groups is 2. The molecule has 7 nitrogen and oxygen atoms in total. The van der Waals surface area contributed by atoms with Crippen LogP contribution in [0.5, 0.6) is 0 Å². The Morgan fingerprint density at radius 3 is 2.22 bits per heavy atom. The Bertz CT molecular complexity index is 859. The molecule has 138 valence electrons. The highest BCUT2D eigenvalue weighted by molar-refractivity contribution is 5.79. The summed E-state index contributed by atoms with van der Waals surface area (Å²) >= 11 is 0. The van der Waals surface area contributed by atoms with Crippen molar-refractivity contribution in [2.75, 3.05) is 26.2 Å². The van der Waals surface area contributed by atoms with E-state index in [9.17, 15) is 14.4 Å². The zero-order valence-corrected chi connectivity index (χ0v) is 14.5. The van der Waals surface area contributed by atoms with Crippen molar-refractivity contribution in [3.05, 3.63) is 59.7 Å². The monoisotopic (exact) mass is 366 g/mol. The Morgan fingerprint density at radius 1 is 1.07 bits per heavy atom. The summed E-state index contributed by atoms with van der Waals surface area (Å²) in [6.07, 6.45) is 0.613. The number of nitrogens with zero attached hydrogens (tertiary/aromatic N) is 2. The summed E-state index contributed by atoms with van der Waals surface area (Å²) in [6, 6.07) is 15.9. The average Bonchev–Trinajstić information content (AvgIpc) is 2.99. The lowest BCUT2D eigenvalue weighted by atomic mass is 9.98. The van der Waals surface area contributed by atoms with Crippen molar-refractivity contribution in [1.29, 1.82) is 0 Å². The van der Waals surface area contributed by atoms with Crippen LogP contribution in [0.25, 0.3) is 11.1 Å². The molecule has 1 amide bonds. The molecular weight excluding hydrogens is 348 g/mol. The quantitative estimate of drug-likeness (QED) is 0.600. The molecule has 0 unspecified atom stereocenters. The summed E-state index contributed by atoms with van der Waals surface area (Å²) in [5.74, 6) is -1.28. The van der Waals surface area contributed by atoms with E-state index in [1.165, 1.54) is 6.08 Å². The molecule has 0 saturated heterocycles. The SMILES string of the molecule is O=C=NCCN(CC(=O)O)C(=O)OCC1c2ccccc2-c2ccccc21. The molecule has 1 aliphatic carbocycles. The molecule has 1 aliphatic rings. The van der Waals surface area contributed by atoms with Crippen LogP contribution in [0.3, 0.4) is 0 Å². The molecule has 0 saturated carbocycles. The van der Waals surface area contributed by atoms with Gasteiger partial charge in [0.15, 0.2) is 0 Å². The summed E-state index contributed by atoms with van der Waals surface area (Å²) in [4.78, 5) is 37.9. The number of benzene rings is 2. The Balaban J connectivity index is 1.74. The minimum Gasteiger partial charge on any atom is -0.480 e. The number of carbonyl (C=O) groups excluding carboxylic acids is 2. The second-order valence-corrected chi connectivity index (χ2v) is 6.09. The van der Waals surface area contributed by atoms with Gasteiger partial charge in [0, 0.05) is 12.5 Å². The van der Waals surface area contributed by atoms with Crippen LogP contribution in [0.2, 0.25) is 0 Å². The van der Waals surface area contributed by atoms with Gasteiger partial charge in [0.25, 0.3) is 0 Å². The zero-order chi connectivity index (χ0) is 19.2. The van der Waals surface area contributed by atoms with Crippen LogP contribution in [-0.2, 0) is 14.3 Å². The van der Waals surface area contributed by atoms with Gasteiger partial charge in [-0.25, -0.2) is 14.6 Å². The van der Waals surface area contributed by atoms with Crippen molar-refractivity contribution in [3.8, 4) is 11.1 Å². The maximum atomic E-state index is 12.4. The lowest BCUT2D eigenvalue weighted by molar-refractivity contribution is -0.138. The van der Waals surface area contributed by atoms with Gasteiger partial charge in [0.05, 0.1) is 6.54 Å². The van der Waals surface area contributed by atoms with E-state index in [1.807, 2.05) is 48.5 Å². The number of hydrogen-bond acceptors (Lipinski definition) is 5. The van der Waals surface area contributed by atoms with Crippen molar-refractivity contribution in [3.63, 3.8) is 0 Å². The first kappa shape index (κ1) is 18.4. The first-order chi connectivity index (χ1) is 13.1. The molecule has 0 aliphatic heterocycles. The molecule has 7 heteroatoms. The molecule has 0 atom stereocenters. The number of aliphatic imine (C=N–C) groups is 1. The highest BCUT2D eigenvalue weighted by Gasteiger charge is 2.29. The van der Waals surface area contributed by atoms with Crippen LogP contribution in [0.1, 0.15) is 17.0 Å². The summed E-state index contributed by atoms with van der Waals surface area (Å²) in [5.41, 5.74) is 4.36. The van der Waals surface area contributed by atoms with Gasteiger partial charge in [-0.3, -0.25) is 9.69 Å². The van der Waals surface area contributed by atoms with E-state index in [0.29, 0.717) is 0 Å². The third-order valence-corrected chi connectivity index (χ3v) is 4.47. The number of hydrogen-bond donors (Lipinski definition) is 1. The van der Waals surface area contributed by atoms with Crippen LogP contribution in [0.15, 0.2) is 53.5 Å². The molecule has 27 heavy (non-hydrogen) atoms. The van der Waals surface area contributed by atoms with Crippen LogP contribution in [0, 0.1) is 0 Å². The Labute approximate surface area is 155 Å². The molecule has 0 heterocycles. The van der Waals surface area contributed by atoms with Gasteiger partial charge in [0.2, 0.25) is 6.08 Å². The Kier molecular flexibility index (Phi) is 5.64. The summed E-state index contributed by atoms with van der Waals surface area (Å²) in [6.45, 7) is -0.482. The standard InChI is InChI=1S/C20H18N2O5/c23-13-21-9-10-22(11-19(24)25)20(26)27-12-18-16-7-3-1-5-14(16)15-6-2-4-8-17(15)18/h1-8,18H,9-12H2,(H,24,25). The van der Waals surface area contributed by atoms with Gasteiger partial charge in [-0.15, -0.1) is 0 Å². The van der Waals surface area contributed by atoms with E-state index in [1.54, 1.807) is 0 Å². The largest absolute Gasteiger partial charge is 0.480 e. The molecule has 0 spiro atoms. The molecule has 2 aromatic rings. The highest BCUT2D eigenvalue weighted by Crippen LogP contribution is 2.44. The maximum absolute atomic E-state index is 12.4. The molecule has 2 aromatic carbocycles. The number of amides is 1. The van der Waals surface area contributed by atoms with Crippen molar-refractivity contribution in [2.45, 2.75) is 5.92 Å². The van der Waals surface area contributed by atoms with Crippen molar-refractivity contribution >= 4 is 18.1 Å². The molecule has 0 radical (unpaired) electrons. The topological polar surface area (TPSA) is 96.3 Å². The smallest absolute Gasteiger partial charge is 0.410 e. The van der Waals surface area contributed by atoms with Gasteiger partial charge in [-0.05, 0) is 22.3 Å². The van der Waals surface area contributed by atoms with Gasteiger partial charge < -0.3 is 9.84 Å². The number of ether oxygens (including phenoxy) is 1. The average molecular weight is 366 g/mol. The third kappa shape index (κ3) is 4.04. The molecular formula is C20H18N2O5. The first-order valence-electron chi connectivity index (χ1n) is 8.47. The van der Waals surface area contributed by atoms with Crippen molar-refractivity contribution < 1.29 is 24.2 Å².